The SMILES string of the molecule is CCOC(=O)CC(C)C[C@@H]1OC[C@@H](O)[C@H](O)[C@H]1O. The van der Waals surface area contributed by atoms with Gasteiger partial charge in [0, 0.05) is 6.42 Å². The van der Waals surface area contributed by atoms with Gasteiger partial charge in [-0.2, -0.15) is 0 Å². The summed E-state index contributed by atoms with van der Waals surface area (Å²) < 4.78 is 10.1. The topological polar surface area (TPSA) is 96.2 Å². The Kier molecular flexibility index (Phi) is 6.01. The van der Waals surface area contributed by atoms with Crippen LogP contribution in [0.4, 0.5) is 0 Å². The Labute approximate surface area is 107 Å². The summed E-state index contributed by atoms with van der Waals surface area (Å²) in [7, 11) is 0. The van der Waals surface area contributed by atoms with E-state index in [4.69, 9.17) is 9.47 Å². The predicted molar refractivity (Wildman–Crippen MR) is 62.8 cm³/mol. The number of hydrogen-bond acceptors (Lipinski definition) is 6. The fourth-order valence-electron chi connectivity index (χ4n) is 2.06. The van der Waals surface area contributed by atoms with Crippen molar-refractivity contribution in [3.8, 4) is 0 Å². The van der Waals surface area contributed by atoms with Gasteiger partial charge in [-0.3, -0.25) is 4.79 Å². The van der Waals surface area contributed by atoms with Crippen LogP contribution in [0.15, 0.2) is 0 Å². The average Bonchev–Trinajstić information content (AvgIpc) is 2.30. The maximum absolute atomic E-state index is 11.3. The fourth-order valence-corrected chi connectivity index (χ4v) is 2.06. The molecule has 0 aliphatic carbocycles. The van der Waals surface area contributed by atoms with Crippen molar-refractivity contribution in [3.05, 3.63) is 0 Å². The van der Waals surface area contributed by atoms with Crippen LogP contribution in [-0.2, 0) is 14.3 Å². The van der Waals surface area contributed by atoms with Crippen molar-refractivity contribution in [3.63, 3.8) is 0 Å². The van der Waals surface area contributed by atoms with Gasteiger partial charge >= 0.3 is 5.97 Å². The van der Waals surface area contributed by atoms with Gasteiger partial charge in [-0.05, 0) is 19.3 Å². The summed E-state index contributed by atoms with van der Waals surface area (Å²) in [5.41, 5.74) is 0. The zero-order chi connectivity index (χ0) is 13.7. The van der Waals surface area contributed by atoms with E-state index in [1.165, 1.54) is 0 Å². The molecule has 1 rings (SSSR count). The highest BCUT2D eigenvalue weighted by molar-refractivity contribution is 5.69. The smallest absolute Gasteiger partial charge is 0.306 e. The molecule has 18 heavy (non-hydrogen) atoms. The molecule has 0 aromatic carbocycles. The van der Waals surface area contributed by atoms with Gasteiger partial charge in [-0.15, -0.1) is 0 Å². The number of ether oxygens (including phenoxy) is 2. The number of aliphatic hydroxyl groups is 3. The van der Waals surface area contributed by atoms with E-state index < -0.39 is 24.4 Å². The molecule has 0 aromatic rings. The molecule has 1 unspecified atom stereocenters. The van der Waals surface area contributed by atoms with Crippen LogP contribution in [0.3, 0.4) is 0 Å². The van der Waals surface area contributed by atoms with Gasteiger partial charge in [0.15, 0.2) is 0 Å². The Hall–Kier alpha value is -0.690. The second kappa shape index (κ2) is 7.04. The first-order chi connectivity index (χ1) is 8.45. The van der Waals surface area contributed by atoms with Gasteiger partial charge in [0.25, 0.3) is 0 Å². The average molecular weight is 262 g/mol. The number of carbonyl (C=O) groups excluding carboxylic acids is 1. The minimum Gasteiger partial charge on any atom is -0.466 e. The van der Waals surface area contributed by atoms with E-state index >= 15 is 0 Å². The second-order valence-electron chi connectivity index (χ2n) is 4.77. The summed E-state index contributed by atoms with van der Waals surface area (Å²) in [5.74, 6) is -0.304. The van der Waals surface area contributed by atoms with E-state index in [2.05, 4.69) is 0 Å². The minimum atomic E-state index is -1.20. The summed E-state index contributed by atoms with van der Waals surface area (Å²) in [6.45, 7) is 3.94. The molecule has 1 aliphatic rings. The second-order valence-corrected chi connectivity index (χ2v) is 4.77. The normalized spacial score (nSPS) is 34.1. The number of carbonyl (C=O) groups is 1. The summed E-state index contributed by atoms with van der Waals surface area (Å²) in [4.78, 5) is 11.3. The zero-order valence-electron chi connectivity index (χ0n) is 10.8. The van der Waals surface area contributed by atoms with E-state index in [1.54, 1.807) is 6.92 Å². The van der Waals surface area contributed by atoms with Crippen LogP contribution in [0, 0.1) is 5.92 Å². The lowest BCUT2D eigenvalue weighted by molar-refractivity contribution is -0.191. The first kappa shape index (κ1) is 15.4. The number of aliphatic hydroxyl groups excluding tert-OH is 3. The van der Waals surface area contributed by atoms with Gasteiger partial charge in [-0.25, -0.2) is 0 Å². The molecule has 1 saturated heterocycles. The number of esters is 1. The highest BCUT2D eigenvalue weighted by Gasteiger charge is 2.38. The van der Waals surface area contributed by atoms with Gasteiger partial charge in [-0.1, -0.05) is 6.92 Å². The molecule has 6 nitrogen and oxygen atoms in total. The standard InChI is InChI=1S/C12H22O6/c1-3-17-10(14)5-7(2)4-9-12(16)11(15)8(13)6-18-9/h7-9,11-13,15-16H,3-6H2,1-2H3/t7?,8-,9+,11+,12+/m1/s1. The Balaban J connectivity index is 2.39. The molecule has 3 N–H and O–H groups in total. The molecule has 0 bridgehead atoms. The third-order valence-corrected chi connectivity index (χ3v) is 3.06. The summed E-state index contributed by atoms with van der Waals surface area (Å²) >= 11 is 0. The first-order valence-electron chi connectivity index (χ1n) is 6.27. The van der Waals surface area contributed by atoms with Gasteiger partial charge in [0.1, 0.15) is 18.3 Å². The predicted octanol–water partition coefficient (Wildman–Crippen LogP) is -0.553. The van der Waals surface area contributed by atoms with Gasteiger partial charge in [0.05, 0.1) is 19.3 Å². The maximum atomic E-state index is 11.3. The molecular weight excluding hydrogens is 240 g/mol. The molecule has 106 valence electrons. The van der Waals surface area contributed by atoms with Crippen LogP contribution in [0.2, 0.25) is 0 Å². The lowest BCUT2D eigenvalue weighted by Crippen LogP contribution is -2.53. The molecule has 6 heteroatoms. The molecule has 1 aliphatic heterocycles. The van der Waals surface area contributed by atoms with Crippen LogP contribution >= 0.6 is 0 Å². The van der Waals surface area contributed by atoms with Crippen LogP contribution < -0.4 is 0 Å². The quantitative estimate of drug-likeness (QED) is 0.575. The van der Waals surface area contributed by atoms with E-state index in [0.29, 0.717) is 13.0 Å². The van der Waals surface area contributed by atoms with Crippen molar-refractivity contribution in [2.75, 3.05) is 13.2 Å². The van der Waals surface area contributed by atoms with Crippen molar-refractivity contribution < 1.29 is 29.6 Å². The van der Waals surface area contributed by atoms with Crippen molar-refractivity contribution in [1.29, 1.82) is 0 Å². The molecule has 0 saturated carbocycles. The van der Waals surface area contributed by atoms with Crippen LogP contribution in [0.25, 0.3) is 0 Å². The third-order valence-electron chi connectivity index (χ3n) is 3.06. The van der Waals surface area contributed by atoms with E-state index in [1.807, 2.05) is 6.92 Å². The van der Waals surface area contributed by atoms with Crippen LogP contribution in [-0.4, -0.2) is 58.9 Å². The minimum absolute atomic E-state index is 0.00494. The molecule has 5 atom stereocenters. The first-order valence-corrected chi connectivity index (χ1v) is 6.27. The van der Waals surface area contributed by atoms with Crippen molar-refractivity contribution >= 4 is 5.97 Å². The van der Waals surface area contributed by atoms with Gasteiger partial charge < -0.3 is 24.8 Å². The maximum Gasteiger partial charge on any atom is 0.306 e. The van der Waals surface area contributed by atoms with Gasteiger partial charge in [0.2, 0.25) is 0 Å². The number of rotatable bonds is 5. The lowest BCUT2D eigenvalue weighted by Gasteiger charge is -2.36. The monoisotopic (exact) mass is 262 g/mol. The fraction of sp³-hybridized carbons (Fsp3) is 0.917. The summed E-state index contributed by atoms with van der Waals surface area (Å²) in [6.07, 6.45) is -3.26. The van der Waals surface area contributed by atoms with Crippen LogP contribution in [0.5, 0.6) is 0 Å². The summed E-state index contributed by atoms with van der Waals surface area (Å²) in [5, 5.41) is 28.6. The Morgan fingerprint density at radius 3 is 2.67 bits per heavy atom. The molecular formula is C12H22O6. The van der Waals surface area contributed by atoms with E-state index in [-0.39, 0.29) is 24.9 Å². The summed E-state index contributed by atoms with van der Waals surface area (Å²) in [6, 6.07) is 0. The molecule has 0 amide bonds. The highest BCUT2D eigenvalue weighted by atomic mass is 16.5. The van der Waals surface area contributed by atoms with E-state index in [9.17, 15) is 20.1 Å². The third kappa shape index (κ3) is 4.20. The number of hydrogen-bond donors (Lipinski definition) is 3. The van der Waals surface area contributed by atoms with Crippen molar-refractivity contribution in [2.24, 2.45) is 5.92 Å². The Morgan fingerprint density at radius 2 is 2.06 bits per heavy atom. The zero-order valence-corrected chi connectivity index (χ0v) is 10.8. The van der Waals surface area contributed by atoms with Crippen LogP contribution in [0.1, 0.15) is 26.7 Å². The lowest BCUT2D eigenvalue weighted by atomic mass is 9.91. The highest BCUT2D eigenvalue weighted by Crippen LogP contribution is 2.23. The van der Waals surface area contributed by atoms with E-state index in [0.717, 1.165) is 0 Å². The van der Waals surface area contributed by atoms with Crippen molar-refractivity contribution in [1.82, 2.24) is 0 Å². The molecule has 0 spiro atoms. The molecule has 0 aromatic heterocycles. The van der Waals surface area contributed by atoms with Crippen molar-refractivity contribution in [2.45, 2.75) is 51.1 Å². The largest absolute Gasteiger partial charge is 0.466 e. The molecule has 0 radical (unpaired) electrons. The molecule has 1 heterocycles. The molecule has 1 fully saturated rings. The Bertz CT molecular complexity index is 269. The Morgan fingerprint density at radius 1 is 1.39 bits per heavy atom.